The molecule has 0 bridgehead atoms. The van der Waals surface area contributed by atoms with E-state index in [1.165, 1.54) is 0 Å². The van der Waals surface area contributed by atoms with Gasteiger partial charge in [-0.15, -0.1) is 0 Å². The van der Waals surface area contributed by atoms with Crippen molar-refractivity contribution < 1.29 is 19.0 Å². The fourth-order valence-corrected chi connectivity index (χ4v) is 3.93. The van der Waals surface area contributed by atoms with E-state index in [2.05, 4.69) is 9.97 Å². The highest BCUT2D eigenvalue weighted by Gasteiger charge is 2.42. The van der Waals surface area contributed by atoms with Gasteiger partial charge in [-0.25, -0.2) is 4.98 Å². The molecule has 0 spiro atoms. The molecule has 4 heterocycles. The lowest BCUT2D eigenvalue weighted by Crippen LogP contribution is -2.29. The molecule has 3 aromatic heterocycles. The highest BCUT2D eigenvalue weighted by atomic mass is 16.5. The number of ether oxygens (including phenoxy) is 3. The second-order valence-electron chi connectivity index (χ2n) is 8.19. The van der Waals surface area contributed by atoms with Crippen LogP contribution in [0.4, 0.5) is 0 Å². The summed E-state index contributed by atoms with van der Waals surface area (Å²) in [5, 5.41) is 0. The first-order valence-electron chi connectivity index (χ1n) is 10.6. The fourth-order valence-electron chi connectivity index (χ4n) is 3.93. The van der Waals surface area contributed by atoms with Gasteiger partial charge < -0.3 is 14.2 Å². The summed E-state index contributed by atoms with van der Waals surface area (Å²) in [6.45, 7) is 3.82. The standard InChI is InChI=1S/C26H23N3O4/c1-26(2)24(30)22(23(33-26)18-11-13-27-14-12-18)17-7-9-19(10-8-17)32-16-20-25(31-3)29-15-5-4-6-21(29)28-20/h4-15H,16H2,1-3H3. The lowest BCUT2D eigenvalue weighted by atomic mass is 9.93. The summed E-state index contributed by atoms with van der Waals surface area (Å²) in [6, 6.07) is 16.9. The maximum Gasteiger partial charge on any atom is 0.225 e. The number of benzene rings is 1. The number of pyridine rings is 2. The molecule has 33 heavy (non-hydrogen) atoms. The third kappa shape index (κ3) is 3.71. The van der Waals surface area contributed by atoms with E-state index in [-0.39, 0.29) is 12.4 Å². The van der Waals surface area contributed by atoms with Crippen LogP contribution in [0, 0.1) is 0 Å². The molecule has 0 fully saturated rings. The molecule has 7 heteroatoms. The lowest BCUT2D eigenvalue weighted by molar-refractivity contribution is -0.125. The Hall–Kier alpha value is -4.13. The first-order chi connectivity index (χ1) is 16.0. The summed E-state index contributed by atoms with van der Waals surface area (Å²) in [5.74, 6) is 1.81. The van der Waals surface area contributed by atoms with Crippen LogP contribution in [-0.2, 0) is 16.1 Å². The number of Topliss-reactive ketones (excluding diaryl/α,β-unsaturated/α-hetero) is 1. The minimum absolute atomic E-state index is 0.0579. The van der Waals surface area contributed by atoms with Crippen molar-refractivity contribution in [1.82, 2.24) is 14.4 Å². The lowest BCUT2D eigenvalue weighted by Gasteiger charge is -2.17. The van der Waals surface area contributed by atoms with Gasteiger partial charge in [-0.1, -0.05) is 18.2 Å². The molecule has 4 aromatic rings. The van der Waals surface area contributed by atoms with Crippen LogP contribution in [0.3, 0.4) is 0 Å². The van der Waals surface area contributed by atoms with Gasteiger partial charge in [0.25, 0.3) is 0 Å². The second kappa shape index (κ2) is 8.09. The van der Waals surface area contributed by atoms with Crippen LogP contribution >= 0.6 is 0 Å². The summed E-state index contributed by atoms with van der Waals surface area (Å²) in [6.07, 6.45) is 5.27. The van der Waals surface area contributed by atoms with Crippen molar-refractivity contribution >= 4 is 22.8 Å². The Balaban J connectivity index is 1.41. The van der Waals surface area contributed by atoms with E-state index in [1.54, 1.807) is 33.4 Å². The van der Waals surface area contributed by atoms with E-state index >= 15 is 0 Å². The molecular formula is C26H23N3O4. The zero-order valence-electron chi connectivity index (χ0n) is 18.6. The summed E-state index contributed by atoms with van der Waals surface area (Å²) in [4.78, 5) is 21.8. The van der Waals surface area contributed by atoms with E-state index in [1.807, 2.05) is 65.2 Å². The summed E-state index contributed by atoms with van der Waals surface area (Å²) < 4.78 is 19.4. The highest BCUT2D eigenvalue weighted by molar-refractivity contribution is 6.32. The number of carbonyl (C=O) groups excluding carboxylic acids is 1. The van der Waals surface area contributed by atoms with Crippen LogP contribution < -0.4 is 9.47 Å². The number of rotatable bonds is 6. The van der Waals surface area contributed by atoms with Gasteiger partial charge in [0.15, 0.2) is 5.60 Å². The van der Waals surface area contributed by atoms with Crippen LogP contribution in [-0.4, -0.2) is 32.9 Å². The molecule has 0 amide bonds. The molecule has 0 saturated heterocycles. The number of carbonyl (C=O) groups is 1. The Bertz CT molecular complexity index is 1360. The summed E-state index contributed by atoms with van der Waals surface area (Å²) >= 11 is 0. The van der Waals surface area contributed by atoms with Crippen molar-refractivity contribution in [1.29, 1.82) is 0 Å². The van der Waals surface area contributed by atoms with Crippen molar-refractivity contribution in [3.05, 3.63) is 90.0 Å². The van der Waals surface area contributed by atoms with Crippen molar-refractivity contribution in [2.45, 2.75) is 26.1 Å². The largest absolute Gasteiger partial charge is 0.487 e. The van der Waals surface area contributed by atoms with Crippen LogP contribution in [0.25, 0.3) is 17.0 Å². The smallest absolute Gasteiger partial charge is 0.225 e. The predicted octanol–water partition coefficient (Wildman–Crippen LogP) is 4.56. The minimum Gasteiger partial charge on any atom is -0.487 e. The quantitative estimate of drug-likeness (QED) is 0.437. The molecule has 7 nitrogen and oxygen atoms in total. The first-order valence-corrected chi connectivity index (χ1v) is 10.6. The fraction of sp³-hybridized carbons (Fsp3) is 0.192. The molecule has 0 aliphatic carbocycles. The molecule has 0 N–H and O–H groups in total. The topological polar surface area (TPSA) is 74.9 Å². The summed E-state index contributed by atoms with van der Waals surface area (Å²) in [5.41, 5.74) is 2.72. The van der Waals surface area contributed by atoms with Crippen molar-refractivity contribution in [2.75, 3.05) is 7.11 Å². The zero-order valence-corrected chi connectivity index (χ0v) is 18.6. The molecule has 1 aromatic carbocycles. The SMILES string of the molecule is COc1c(COc2ccc(C3=C(c4ccncc4)OC(C)(C)C3=O)cc2)nc2ccccn12. The highest BCUT2D eigenvalue weighted by Crippen LogP contribution is 2.41. The maximum atomic E-state index is 13.1. The van der Waals surface area contributed by atoms with Crippen LogP contribution in [0.1, 0.15) is 30.7 Å². The van der Waals surface area contributed by atoms with E-state index in [0.717, 1.165) is 16.8 Å². The molecule has 0 unspecified atom stereocenters. The van der Waals surface area contributed by atoms with Gasteiger partial charge in [-0.05, 0) is 55.8 Å². The van der Waals surface area contributed by atoms with Gasteiger partial charge in [0, 0.05) is 24.2 Å². The minimum atomic E-state index is -0.928. The molecular weight excluding hydrogens is 418 g/mol. The van der Waals surface area contributed by atoms with Gasteiger partial charge in [-0.3, -0.25) is 14.2 Å². The Labute approximate surface area is 191 Å². The Kier molecular flexibility index (Phi) is 5.09. The van der Waals surface area contributed by atoms with Gasteiger partial charge in [0.2, 0.25) is 11.7 Å². The third-order valence-corrected chi connectivity index (χ3v) is 5.57. The zero-order chi connectivity index (χ0) is 23.0. The van der Waals surface area contributed by atoms with E-state index in [0.29, 0.717) is 28.7 Å². The number of imidazole rings is 1. The number of nitrogens with zero attached hydrogens (tertiary/aromatic N) is 3. The van der Waals surface area contributed by atoms with Crippen molar-refractivity contribution in [2.24, 2.45) is 0 Å². The number of methoxy groups -OCH3 is 1. The second-order valence-corrected chi connectivity index (χ2v) is 8.19. The molecule has 1 aliphatic rings. The van der Waals surface area contributed by atoms with Crippen LogP contribution in [0.5, 0.6) is 11.6 Å². The Morgan fingerprint density at radius 2 is 1.76 bits per heavy atom. The van der Waals surface area contributed by atoms with Gasteiger partial charge in [0.1, 0.15) is 29.5 Å². The molecule has 0 atom stereocenters. The third-order valence-electron chi connectivity index (χ3n) is 5.57. The average Bonchev–Trinajstić information content (AvgIpc) is 3.32. The maximum absolute atomic E-state index is 13.1. The van der Waals surface area contributed by atoms with Crippen molar-refractivity contribution in [3.8, 4) is 11.6 Å². The van der Waals surface area contributed by atoms with E-state index in [4.69, 9.17) is 14.2 Å². The molecule has 0 saturated carbocycles. The Morgan fingerprint density at radius 3 is 2.48 bits per heavy atom. The first kappa shape index (κ1) is 20.8. The van der Waals surface area contributed by atoms with Crippen molar-refractivity contribution in [3.63, 3.8) is 0 Å². The molecule has 1 aliphatic heterocycles. The van der Waals surface area contributed by atoms with Crippen LogP contribution in [0.2, 0.25) is 0 Å². The predicted molar refractivity (Wildman–Crippen MR) is 124 cm³/mol. The number of aromatic nitrogens is 3. The van der Waals surface area contributed by atoms with Gasteiger partial charge >= 0.3 is 0 Å². The van der Waals surface area contributed by atoms with Gasteiger partial charge in [-0.2, -0.15) is 0 Å². The molecule has 5 rings (SSSR count). The molecule has 0 radical (unpaired) electrons. The average molecular weight is 441 g/mol. The normalized spacial score (nSPS) is 15.1. The van der Waals surface area contributed by atoms with E-state index in [9.17, 15) is 4.79 Å². The number of ketones is 1. The number of hydrogen-bond donors (Lipinski definition) is 0. The number of hydrogen-bond acceptors (Lipinski definition) is 6. The summed E-state index contributed by atoms with van der Waals surface area (Å²) in [7, 11) is 1.62. The monoisotopic (exact) mass is 441 g/mol. The van der Waals surface area contributed by atoms with E-state index < -0.39 is 5.60 Å². The Morgan fingerprint density at radius 1 is 1.00 bits per heavy atom. The van der Waals surface area contributed by atoms with Crippen LogP contribution in [0.15, 0.2) is 73.2 Å². The number of fused-ring (bicyclic) bond motifs is 1. The molecule has 166 valence electrons. The van der Waals surface area contributed by atoms with Gasteiger partial charge in [0.05, 0.1) is 12.7 Å².